The molecule has 0 atom stereocenters. The Morgan fingerprint density at radius 2 is 2.00 bits per heavy atom. The predicted molar refractivity (Wildman–Crippen MR) is 98.9 cm³/mol. The third kappa shape index (κ3) is 3.06. The smallest absolute Gasteiger partial charge is 0.258 e. The monoisotopic (exact) mass is 330 g/mol. The van der Waals surface area contributed by atoms with E-state index in [4.69, 9.17) is 4.42 Å². The minimum atomic E-state index is -0.174. The molecule has 2 aromatic carbocycles. The maximum absolute atomic E-state index is 12.4. The topological polar surface area (TPSA) is 47.2 Å². The van der Waals surface area contributed by atoms with Crippen LogP contribution in [0.2, 0.25) is 0 Å². The number of benzene rings is 2. The van der Waals surface area contributed by atoms with Crippen molar-refractivity contribution < 1.29 is 9.21 Å². The van der Waals surface area contributed by atoms with E-state index in [1.54, 1.807) is 6.07 Å². The number of nitrogens with zero attached hydrogens (tertiary/aromatic N) is 1. The van der Waals surface area contributed by atoms with E-state index in [0.717, 1.165) is 23.1 Å². The molecule has 0 aliphatic heterocycles. The first-order chi connectivity index (χ1) is 12.2. The lowest BCUT2D eigenvalue weighted by molar-refractivity contribution is 0.102. The van der Waals surface area contributed by atoms with Crippen LogP contribution in [0.15, 0.2) is 77.7 Å². The summed E-state index contributed by atoms with van der Waals surface area (Å²) in [5, 5.41) is 4.01. The number of furan rings is 1. The number of para-hydroxylation sites is 1. The van der Waals surface area contributed by atoms with E-state index in [9.17, 15) is 4.79 Å². The molecule has 0 spiro atoms. The van der Waals surface area contributed by atoms with Gasteiger partial charge in [0, 0.05) is 18.1 Å². The highest BCUT2D eigenvalue weighted by atomic mass is 16.3. The Morgan fingerprint density at radius 1 is 1.12 bits per heavy atom. The summed E-state index contributed by atoms with van der Waals surface area (Å²) in [6.45, 7) is 2.84. The molecule has 4 rings (SSSR count). The first-order valence-electron chi connectivity index (χ1n) is 8.18. The number of hydrogen-bond acceptors (Lipinski definition) is 2. The quantitative estimate of drug-likeness (QED) is 0.582. The van der Waals surface area contributed by atoms with Gasteiger partial charge in [-0.25, -0.2) is 0 Å². The highest BCUT2D eigenvalue weighted by Crippen LogP contribution is 2.27. The third-order valence-electron chi connectivity index (χ3n) is 4.26. The summed E-state index contributed by atoms with van der Waals surface area (Å²) in [5.74, 6) is -0.174. The van der Waals surface area contributed by atoms with E-state index in [2.05, 4.69) is 47.1 Å². The molecule has 0 aliphatic carbocycles. The Kier molecular flexibility index (Phi) is 3.86. The lowest BCUT2D eigenvalue weighted by Crippen LogP contribution is -2.10. The fraction of sp³-hybridized carbons (Fsp3) is 0.0952. The van der Waals surface area contributed by atoms with Gasteiger partial charge in [-0.1, -0.05) is 48.0 Å². The highest BCUT2D eigenvalue weighted by Gasteiger charge is 2.13. The van der Waals surface area contributed by atoms with Crippen molar-refractivity contribution in [3.05, 3.63) is 90.0 Å². The zero-order valence-electron chi connectivity index (χ0n) is 13.9. The molecule has 0 unspecified atom stereocenters. The number of carbonyl (C=O) groups is 1. The molecule has 124 valence electrons. The van der Waals surface area contributed by atoms with Crippen LogP contribution in [0.5, 0.6) is 0 Å². The van der Waals surface area contributed by atoms with E-state index in [0.29, 0.717) is 5.56 Å². The van der Waals surface area contributed by atoms with Gasteiger partial charge in [-0.3, -0.25) is 4.79 Å². The first kappa shape index (κ1) is 15.3. The molecule has 2 heterocycles. The molecule has 4 heteroatoms. The van der Waals surface area contributed by atoms with Crippen molar-refractivity contribution in [2.75, 3.05) is 5.32 Å². The van der Waals surface area contributed by atoms with Gasteiger partial charge in [0.2, 0.25) is 0 Å². The van der Waals surface area contributed by atoms with Crippen molar-refractivity contribution >= 4 is 22.5 Å². The number of nitrogens with one attached hydrogen (secondary N) is 1. The van der Waals surface area contributed by atoms with E-state index in [-0.39, 0.29) is 5.91 Å². The maximum atomic E-state index is 12.4. The number of aryl methyl sites for hydroxylation is 1. The second-order valence-corrected chi connectivity index (χ2v) is 6.14. The van der Waals surface area contributed by atoms with Crippen LogP contribution in [-0.4, -0.2) is 10.5 Å². The van der Waals surface area contributed by atoms with Gasteiger partial charge in [0.05, 0.1) is 23.0 Å². The van der Waals surface area contributed by atoms with Crippen molar-refractivity contribution in [2.24, 2.45) is 0 Å². The van der Waals surface area contributed by atoms with Crippen LogP contribution in [0.3, 0.4) is 0 Å². The molecule has 0 saturated carbocycles. The van der Waals surface area contributed by atoms with Gasteiger partial charge in [-0.15, -0.1) is 0 Å². The number of rotatable bonds is 4. The Morgan fingerprint density at radius 3 is 2.80 bits per heavy atom. The Bertz CT molecular complexity index is 1030. The first-order valence-corrected chi connectivity index (χ1v) is 8.18. The average Bonchev–Trinajstić information content (AvgIpc) is 3.25. The van der Waals surface area contributed by atoms with Crippen LogP contribution < -0.4 is 5.32 Å². The third-order valence-corrected chi connectivity index (χ3v) is 4.26. The number of anilines is 1. The maximum Gasteiger partial charge on any atom is 0.258 e. The summed E-state index contributed by atoms with van der Waals surface area (Å²) in [6, 6.07) is 18.2. The van der Waals surface area contributed by atoms with E-state index >= 15 is 0 Å². The lowest BCUT2D eigenvalue weighted by Gasteiger charge is -2.06. The number of aromatic nitrogens is 1. The Labute approximate surface area is 145 Å². The van der Waals surface area contributed by atoms with E-state index in [1.165, 1.54) is 23.7 Å². The summed E-state index contributed by atoms with van der Waals surface area (Å²) in [6.07, 6.45) is 4.93. The second kappa shape index (κ2) is 6.32. The Balaban J connectivity index is 1.70. The summed E-state index contributed by atoms with van der Waals surface area (Å²) >= 11 is 0. The molecule has 0 aliphatic rings. The SMILES string of the molecule is Cc1cccc(Cn2cc(NC(=O)c3ccoc3)c3ccccc32)c1. The van der Waals surface area contributed by atoms with Crippen LogP contribution in [0.1, 0.15) is 21.5 Å². The van der Waals surface area contributed by atoms with Gasteiger partial charge in [0.25, 0.3) is 5.91 Å². The molecular formula is C21H18N2O2. The molecule has 1 amide bonds. The molecule has 0 saturated heterocycles. The van der Waals surface area contributed by atoms with Crippen LogP contribution in [0.4, 0.5) is 5.69 Å². The summed E-state index contributed by atoms with van der Waals surface area (Å²) in [7, 11) is 0. The molecule has 0 radical (unpaired) electrons. The molecule has 4 nitrogen and oxygen atoms in total. The summed E-state index contributed by atoms with van der Waals surface area (Å²) < 4.78 is 7.15. The van der Waals surface area contributed by atoms with E-state index in [1.807, 2.05) is 24.4 Å². The minimum absolute atomic E-state index is 0.174. The average molecular weight is 330 g/mol. The highest BCUT2D eigenvalue weighted by molar-refractivity contribution is 6.08. The Hall–Kier alpha value is -3.27. The van der Waals surface area contributed by atoms with Crippen molar-refractivity contribution in [2.45, 2.75) is 13.5 Å². The standard InChI is InChI=1S/C21H18N2O2/c1-15-5-4-6-16(11-15)12-23-13-19(18-7-2-3-8-20(18)23)22-21(24)17-9-10-25-14-17/h2-11,13-14H,12H2,1H3,(H,22,24). The van der Waals surface area contributed by atoms with Gasteiger partial charge < -0.3 is 14.3 Å². The van der Waals surface area contributed by atoms with Crippen molar-refractivity contribution in [1.82, 2.24) is 4.57 Å². The van der Waals surface area contributed by atoms with Crippen LogP contribution in [-0.2, 0) is 6.54 Å². The van der Waals surface area contributed by atoms with Gasteiger partial charge in [-0.05, 0) is 24.6 Å². The molecule has 0 fully saturated rings. The van der Waals surface area contributed by atoms with Crippen molar-refractivity contribution in [1.29, 1.82) is 0 Å². The normalized spacial score (nSPS) is 10.9. The van der Waals surface area contributed by atoms with Gasteiger partial charge in [-0.2, -0.15) is 0 Å². The number of hydrogen-bond donors (Lipinski definition) is 1. The number of amides is 1. The van der Waals surface area contributed by atoms with Gasteiger partial charge in [0.1, 0.15) is 6.26 Å². The zero-order chi connectivity index (χ0) is 17.2. The van der Waals surface area contributed by atoms with E-state index < -0.39 is 0 Å². The summed E-state index contributed by atoms with van der Waals surface area (Å²) in [4.78, 5) is 12.4. The minimum Gasteiger partial charge on any atom is -0.472 e. The summed E-state index contributed by atoms with van der Waals surface area (Å²) in [5.41, 5.74) is 4.87. The molecule has 0 bridgehead atoms. The van der Waals surface area contributed by atoms with Crippen molar-refractivity contribution in [3.63, 3.8) is 0 Å². The zero-order valence-corrected chi connectivity index (χ0v) is 13.9. The molecule has 1 N–H and O–H groups in total. The number of carbonyl (C=O) groups excluding carboxylic acids is 1. The number of fused-ring (bicyclic) bond motifs is 1. The molecule has 25 heavy (non-hydrogen) atoms. The molecule has 2 aromatic heterocycles. The van der Waals surface area contributed by atoms with Crippen LogP contribution in [0.25, 0.3) is 10.9 Å². The van der Waals surface area contributed by atoms with Gasteiger partial charge >= 0.3 is 0 Å². The fourth-order valence-corrected chi connectivity index (χ4v) is 3.07. The predicted octanol–water partition coefficient (Wildman–Crippen LogP) is 4.84. The van der Waals surface area contributed by atoms with Gasteiger partial charge in [0.15, 0.2) is 0 Å². The molecular weight excluding hydrogens is 312 g/mol. The molecule has 4 aromatic rings. The lowest BCUT2D eigenvalue weighted by atomic mass is 10.1. The van der Waals surface area contributed by atoms with Crippen LogP contribution >= 0.6 is 0 Å². The van der Waals surface area contributed by atoms with Crippen LogP contribution in [0, 0.1) is 6.92 Å². The van der Waals surface area contributed by atoms with Crippen molar-refractivity contribution in [3.8, 4) is 0 Å². The fourth-order valence-electron chi connectivity index (χ4n) is 3.07. The largest absolute Gasteiger partial charge is 0.472 e. The second-order valence-electron chi connectivity index (χ2n) is 6.14.